The van der Waals surface area contributed by atoms with E-state index in [4.69, 9.17) is 15.2 Å². The highest BCUT2D eigenvalue weighted by Gasteiger charge is 2.13. The highest BCUT2D eigenvalue weighted by molar-refractivity contribution is 5.93. The summed E-state index contributed by atoms with van der Waals surface area (Å²) in [6.07, 6.45) is 4.64. The van der Waals surface area contributed by atoms with Gasteiger partial charge in [0.15, 0.2) is 24.1 Å². The predicted octanol–water partition coefficient (Wildman–Crippen LogP) is 3.02. The second-order valence-electron chi connectivity index (χ2n) is 7.20. The quantitative estimate of drug-likeness (QED) is 0.459. The molecule has 0 saturated heterocycles. The molecule has 160 valence electrons. The van der Waals surface area contributed by atoms with E-state index in [1.54, 1.807) is 13.2 Å². The fourth-order valence-corrected chi connectivity index (χ4v) is 3.57. The average molecular weight is 411 g/mol. The number of methoxy groups -OCH3 is 1. The molecular weight excluding hydrogens is 380 g/mol. The summed E-state index contributed by atoms with van der Waals surface area (Å²) in [6.45, 7) is 2.78. The number of nitrogens with two attached hydrogens (primary N) is 1. The minimum Gasteiger partial charge on any atom is -0.493 e. The average Bonchev–Trinajstić information content (AvgIpc) is 2.77. The number of hydrogen-bond acceptors (Lipinski definition) is 4. The Balaban J connectivity index is 1.63. The number of anilines is 1. The molecule has 30 heavy (non-hydrogen) atoms. The lowest BCUT2D eigenvalue weighted by Gasteiger charge is -2.19. The monoisotopic (exact) mass is 410 g/mol. The van der Waals surface area contributed by atoms with Crippen molar-refractivity contribution in [3.63, 3.8) is 0 Å². The van der Waals surface area contributed by atoms with E-state index in [9.17, 15) is 4.79 Å². The number of ether oxygens (including phenoxy) is 2. The second kappa shape index (κ2) is 10.5. The lowest BCUT2D eigenvalue weighted by Crippen LogP contribution is -2.28. The maximum Gasteiger partial charge on any atom is 0.257 e. The van der Waals surface area contributed by atoms with Crippen LogP contribution in [0.15, 0.2) is 41.4 Å². The molecule has 0 unspecified atom stereocenters. The number of nitrogens with one attached hydrogen (secondary N) is 2. The first-order valence-electron chi connectivity index (χ1n) is 10.3. The maximum atomic E-state index is 11.6. The summed E-state index contributed by atoms with van der Waals surface area (Å²) >= 11 is 0. The van der Waals surface area contributed by atoms with Crippen LogP contribution in [0, 0.1) is 0 Å². The molecule has 1 amide bonds. The molecular formula is C23H30N4O3. The van der Waals surface area contributed by atoms with Crippen LogP contribution in [0.3, 0.4) is 0 Å². The Morgan fingerprint density at radius 3 is 2.80 bits per heavy atom. The highest BCUT2D eigenvalue weighted by atomic mass is 16.5. The van der Waals surface area contributed by atoms with Crippen molar-refractivity contribution in [2.45, 2.75) is 39.2 Å². The zero-order valence-corrected chi connectivity index (χ0v) is 17.7. The normalized spacial score (nSPS) is 13.3. The number of aliphatic imine (C=N–C) groups is 1. The van der Waals surface area contributed by atoms with Gasteiger partial charge in [-0.15, -0.1) is 0 Å². The summed E-state index contributed by atoms with van der Waals surface area (Å²) in [5, 5.41) is 5.95. The van der Waals surface area contributed by atoms with Crippen LogP contribution in [0.4, 0.5) is 5.69 Å². The smallest absolute Gasteiger partial charge is 0.257 e. The van der Waals surface area contributed by atoms with Gasteiger partial charge in [0, 0.05) is 12.2 Å². The van der Waals surface area contributed by atoms with E-state index in [1.165, 1.54) is 24.0 Å². The molecule has 0 fully saturated rings. The van der Waals surface area contributed by atoms with Crippen LogP contribution in [0.1, 0.15) is 36.5 Å². The predicted molar refractivity (Wildman–Crippen MR) is 119 cm³/mol. The maximum absolute atomic E-state index is 11.6. The van der Waals surface area contributed by atoms with Crippen LogP contribution in [0.25, 0.3) is 0 Å². The molecule has 0 aliphatic heterocycles. The van der Waals surface area contributed by atoms with E-state index in [0.29, 0.717) is 30.5 Å². The molecule has 0 atom stereocenters. The Morgan fingerprint density at radius 1 is 1.17 bits per heavy atom. The van der Waals surface area contributed by atoms with E-state index < -0.39 is 0 Å². The van der Waals surface area contributed by atoms with Crippen LogP contribution in [0.5, 0.6) is 11.5 Å². The largest absolute Gasteiger partial charge is 0.493 e. The van der Waals surface area contributed by atoms with Crippen LogP contribution in [-0.2, 0) is 24.2 Å². The molecule has 0 spiro atoms. The number of likely N-dealkylation sites (N-methyl/N-ethyl adjacent to an activating group) is 1. The number of hydrogen-bond donors (Lipinski definition) is 3. The molecule has 0 bridgehead atoms. The first-order chi connectivity index (χ1) is 14.6. The van der Waals surface area contributed by atoms with Crippen molar-refractivity contribution in [1.29, 1.82) is 0 Å². The van der Waals surface area contributed by atoms with Crippen molar-refractivity contribution in [2.75, 3.05) is 25.6 Å². The minimum absolute atomic E-state index is 0.0556. The van der Waals surface area contributed by atoms with Crippen molar-refractivity contribution < 1.29 is 14.3 Å². The molecule has 0 saturated carbocycles. The van der Waals surface area contributed by atoms with Gasteiger partial charge in [0.1, 0.15) is 0 Å². The van der Waals surface area contributed by atoms with Crippen molar-refractivity contribution >= 4 is 17.6 Å². The van der Waals surface area contributed by atoms with Gasteiger partial charge in [0.2, 0.25) is 0 Å². The summed E-state index contributed by atoms with van der Waals surface area (Å²) in [6, 6.07) is 11.8. The Bertz CT molecular complexity index is 911. The molecule has 2 aromatic rings. The molecule has 2 aromatic carbocycles. The zero-order valence-electron chi connectivity index (χ0n) is 17.7. The summed E-state index contributed by atoms with van der Waals surface area (Å²) < 4.78 is 10.9. The van der Waals surface area contributed by atoms with Gasteiger partial charge < -0.3 is 25.8 Å². The van der Waals surface area contributed by atoms with Gasteiger partial charge >= 0.3 is 0 Å². The van der Waals surface area contributed by atoms with Crippen molar-refractivity contribution in [2.24, 2.45) is 10.7 Å². The summed E-state index contributed by atoms with van der Waals surface area (Å²) in [7, 11) is 1.57. The van der Waals surface area contributed by atoms with E-state index in [0.717, 1.165) is 24.1 Å². The van der Waals surface area contributed by atoms with Crippen molar-refractivity contribution in [1.82, 2.24) is 5.32 Å². The van der Waals surface area contributed by atoms with Gasteiger partial charge in [-0.2, -0.15) is 0 Å². The standard InChI is InChI=1S/C23H30N4O3/c1-3-25-22(28)15-30-20-12-11-16(13-21(20)29-2)14-26-23(24)27-19-10-6-8-17-7-4-5-9-18(17)19/h6,8,10-13H,3-5,7,9,14-15H2,1-2H3,(H,25,28)(H3,24,26,27). The molecule has 4 N–H and O–H groups in total. The Hall–Kier alpha value is -3.22. The number of nitrogens with zero attached hydrogens (tertiary/aromatic N) is 1. The fraction of sp³-hybridized carbons (Fsp3) is 0.391. The molecule has 1 aliphatic rings. The Morgan fingerprint density at radius 2 is 2.00 bits per heavy atom. The van der Waals surface area contributed by atoms with Crippen LogP contribution < -0.4 is 25.8 Å². The summed E-state index contributed by atoms with van der Waals surface area (Å²) in [4.78, 5) is 16.0. The first-order valence-corrected chi connectivity index (χ1v) is 10.3. The van der Waals surface area contributed by atoms with Crippen LogP contribution in [0.2, 0.25) is 0 Å². The zero-order chi connectivity index (χ0) is 21.3. The number of aryl methyl sites for hydroxylation is 1. The van der Waals surface area contributed by atoms with E-state index in [1.807, 2.05) is 19.1 Å². The third-order valence-electron chi connectivity index (χ3n) is 5.05. The lowest BCUT2D eigenvalue weighted by molar-refractivity contribution is -0.123. The molecule has 0 radical (unpaired) electrons. The fourth-order valence-electron chi connectivity index (χ4n) is 3.57. The lowest BCUT2D eigenvalue weighted by atomic mass is 9.90. The number of guanidine groups is 1. The van der Waals surface area contributed by atoms with Gasteiger partial charge in [-0.1, -0.05) is 18.2 Å². The highest BCUT2D eigenvalue weighted by Crippen LogP contribution is 2.29. The summed E-state index contributed by atoms with van der Waals surface area (Å²) in [5.74, 6) is 1.27. The third kappa shape index (κ3) is 5.65. The van der Waals surface area contributed by atoms with Crippen LogP contribution in [-0.4, -0.2) is 32.1 Å². The Labute approximate surface area is 177 Å². The molecule has 3 rings (SSSR count). The molecule has 7 heteroatoms. The van der Waals surface area contributed by atoms with Gasteiger partial charge in [-0.05, 0) is 67.5 Å². The van der Waals surface area contributed by atoms with Gasteiger partial charge in [-0.25, -0.2) is 4.99 Å². The van der Waals surface area contributed by atoms with Gasteiger partial charge in [-0.3, -0.25) is 4.79 Å². The number of benzene rings is 2. The SMILES string of the molecule is CCNC(=O)COc1ccc(CN=C(N)Nc2cccc3c2CCCC3)cc1OC. The molecule has 7 nitrogen and oxygen atoms in total. The topological polar surface area (TPSA) is 98.0 Å². The van der Waals surface area contributed by atoms with Crippen molar-refractivity contribution in [3.05, 3.63) is 53.1 Å². The molecule has 1 aliphatic carbocycles. The Kier molecular flexibility index (Phi) is 7.54. The number of fused-ring (bicyclic) bond motifs is 1. The van der Waals surface area contributed by atoms with E-state index >= 15 is 0 Å². The van der Waals surface area contributed by atoms with Gasteiger partial charge in [0.05, 0.1) is 13.7 Å². The number of carbonyl (C=O) groups is 1. The third-order valence-corrected chi connectivity index (χ3v) is 5.05. The second-order valence-corrected chi connectivity index (χ2v) is 7.20. The number of carbonyl (C=O) groups excluding carboxylic acids is 1. The molecule has 0 heterocycles. The molecule has 0 aromatic heterocycles. The van der Waals surface area contributed by atoms with Crippen molar-refractivity contribution in [3.8, 4) is 11.5 Å². The number of amides is 1. The van der Waals surface area contributed by atoms with E-state index in [-0.39, 0.29) is 12.5 Å². The van der Waals surface area contributed by atoms with E-state index in [2.05, 4.69) is 33.8 Å². The van der Waals surface area contributed by atoms with Gasteiger partial charge in [0.25, 0.3) is 5.91 Å². The number of rotatable bonds is 8. The minimum atomic E-state index is -0.171. The first kappa shape index (κ1) is 21.5. The van der Waals surface area contributed by atoms with Crippen LogP contribution >= 0.6 is 0 Å². The summed E-state index contributed by atoms with van der Waals surface area (Å²) in [5.41, 5.74) is 10.8.